The van der Waals surface area contributed by atoms with Gasteiger partial charge in [-0.05, 0) is 43.4 Å². The first-order valence-corrected chi connectivity index (χ1v) is 5.46. The number of benzene rings is 1. The van der Waals surface area contributed by atoms with Crippen LogP contribution in [0.25, 0.3) is 0 Å². The largest absolute Gasteiger partial charge is 0.494 e. The van der Waals surface area contributed by atoms with Crippen molar-refractivity contribution < 1.29 is 9.47 Å². The molecule has 0 aliphatic heterocycles. The average Bonchev–Trinajstić information content (AvgIpc) is 2.21. The van der Waals surface area contributed by atoms with Crippen LogP contribution in [0.4, 0.5) is 0 Å². The molecule has 0 fully saturated rings. The molecule has 0 unspecified atom stereocenters. The van der Waals surface area contributed by atoms with Crippen molar-refractivity contribution in [3.63, 3.8) is 0 Å². The van der Waals surface area contributed by atoms with Gasteiger partial charge in [-0.3, -0.25) is 0 Å². The molecule has 78 valence electrons. The predicted octanol–water partition coefficient (Wildman–Crippen LogP) is 2.78. The lowest BCUT2D eigenvalue weighted by atomic mass is 10.3. The summed E-state index contributed by atoms with van der Waals surface area (Å²) in [5.74, 6) is 2.63. The van der Waals surface area contributed by atoms with E-state index in [0.29, 0.717) is 6.61 Å². The molecule has 0 aliphatic rings. The van der Waals surface area contributed by atoms with E-state index in [4.69, 9.17) is 9.47 Å². The lowest BCUT2D eigenvalue weighted by Gasteiger charge is -2.06. The number of ether oxygens (including phenoxy) is 2. The van der Waals surface area contributed by atoms with Crippen molar-refractivity contribution >= 4 is 12.6 Å². The Balaban J connectivity index is 2.38. The molecule has 0 aromatic heterocycles. The van der Waals surface area contributed by atoms with Gasteiger partial charge in [-0.2, -0.15) is 12.6 Å². The highest BCUT2D eigenvalue weighted by Crippen LogP contribution is 2.17. The molecule has 0 amide bonds. The van der Waals surface area contributed by atoms with Crippen LogP contribution in [0.1, 0.15) is 13.3 Å². The van der Waals surface area contributed by atoms with Gasteiger partial charge in [0, 0.05) is 0 Å². The SMILES string of the molecule is CCOc1ccc(OCCCS)cc1. The Morgan fingerprint density at radius 1 is 1.07 bits per heavy atom. The summed E-state index contributed by atoms with van der Waals surface area (Å²) in [4.78, 5) is 0. The second kappa shape index (κ2) is 6.60. The quantitative estimate of drug-likeness (QED) is 0.577. The highest BCUT2D eigenvalue weighted by Gasteiger charge is 1.94. The lowest BCUT2D eigenvalue weighted by Crippen LogP contribution is -1.97. The van der Waals surface area contributed by atoms with Gasteiger partial charge in [0.25, 0.3) is 0 Å². The van der Waals surface area contributed by atoms with Gasteiger partial charge in [0.1, 0.15) is 11.5 Å². The summed E-state index contributed by atoms with van der Waals surface area (Å²) >= 11 is 4.11. The number of thiol groups is 1. The molecule has 1 rings (SSSR count). The Morgan fingerprint density at radius 3 is 2.14 bits per heavy atom. The third kappa shape index (κ3) is 3.92. The Kier molecular flexibility index (Phi) is 5.30. The Hall–Kier alpha value is -0.830. The normalized spacial score (nSPS) is 9.86. The molecule has 1 aromatic carbocycles. The van der Waals surface area contributed by atoms with Gasteiger partial charge >= 0.3 is 0 Å². The molecular formula is C11H16O2S. The van der Waals surface area contributed by atoms with Crippen LogP contribution in [0.15, 0.2) is 24.3 Å². The topological polar surface area (TPSA) is 18.5 Å². The molecule has 0 heterocycles. The van der Waals surface area contributed by atoms with Crippen LogP contribution in [0.5, 0.6) is 11.5 Å². The molecule has 0 saturated carbocycles. The van der Waals surface area contributed by atoms with E-state index in [2.05, 4.69) is 12.6 Å². The highest BCUT2D eigenvalue weighted by atomic mass is 32.1. The first-order chi connectivity index (χ1) is 6.86. The van der Waals surface area contributed by atoms with Crippen molar-refractivity contribution in [3.8, 4) is 11.5 Å². The van der Waals surface area contributed by atoms with E-state index in [1.165, 1.54) is 0 Å². The van der Waals surface area contributed by atoms with Crippen molar-refractivity contribution in [1.82, 2.24) is 0 Å². The van der Waals surface area contributed by atoms with E-state index >= 15 is 0 Å². The van der Waals surface area contributed by atoms with Crippen molar-refractivity contribution in [1.29, 1.82) is 0 Å². The number of hydrogen-bond acceptors (Lipinski definition) is 3. The van der Waals surface area contributed by atoms with E-state index in [9.17, 15) is 0 Å². The minimum Gasteiger partial charge on any atom is -0.494 e. The summed E-state index contributed by atoms with van der Waals surface area (Å²) < 4.78 is 10.8. The van der Waals surface area contributed by atoms with Crippen LogP contribution < -0.4 is 9.47 Å². The molecular weight excluding hydrogens is 196 g/mol. The van der Waals surface area contributed by atoms with Crippen molar-refractivity contribution in [2.24, 2.45) is 0 Å². The van der Waals surface area contributed by atoms with Gasteiger partial charge in [-0.25, -0.2) is 0 Å². The molecule has 0 spiro atoms. The fraction of sp³-hybridized carbons (Fsp3) is 0.455. The van der Waals surface area contributed by atoms with E-state index in [1.54, 1.807) is 0 Å². The van der Waals surface area contributed by atoms with Crippen LogP contribution in [0, 0.1) is 0 Å². The Morgan fingerprint density at radius 2 is 1.64 bits per heavy atom. The van der Waals surface area contributed by atoms with Gasteiger partial charge in [0.15, 0.2) is 0 Å². The van der Waals surface area contributed by atoms with Crippen LogP contribution >= 0.6 is 12.6 Å². The summed E-state index contributed by atoms with van der Waals surface area (Å²) in [7, 11) is 0. The summed E-state index contributed by atoms with van der Waals surface area (Å²) in [6.07, 6.45) is 0.969. The maximum absolute atomic E-state index is 5.48. The maximum Gasteiger partial charge on any atom is 0.119 e. The zero-order valence-electron chi connectivity index (χ0n) is 8.40. The lowest BCUT2D eigenvalue weighted by molar-refractivity contribution is 0.315. The predicted molar refractivity (Wildman–Crippen MR) is 61.6 cm³/mol. The third-order valence-electron chi connectivity index (χ3n) is 1.71. The van der Waals surface area contributed by atoms with Crippen molar-refractivity contribution in [2.45, 2.75) is 13.3 Å². The van der Waals surface area contributed by atoms with Gasteiger partial charge < -0.3 is 9.47 Å². The smallest absolute Gasteiger partial charge is 0.119 e. The van der Waals surface area contributed by atoms with Crippen LogP contribution in [0.2, 0.25) is 0 Å². The molecule has 0 N–H and O–H groups in total. The number of rotatable bonds is 6. The van der Waals surface area contributed by atoms with Crippen LogP contribution in [-0.4, -0.2) is 19.0 Å². The van der Waals surface area contributed by atoms with Gasteiger partial charge in [0.2, 0.25) is 0 Å². The summed E-state index contributed by atoms with van der Waals surface area (Å²) in [6, 6.07) is 7.67. The fourth-order valence-electron chi connectivity index (χ4n) is 1.05. The molecule has 0 saturated heterocycles. The minimum absolute atomic E-state index is 0.694. The molecule has 1 aromatic rings. The van der Waals surface area contributed by atoms with E-state index in [0.717, 1.165) is 30.3 Å². The fourth-order valence-corrected chi connectivity index (χ4v) is 1.18. The second-order valence-corrected chi connectivity index (χ2v) is 3.28. The highest BCUT2D eigenvalue weighted by molar-refractivity contribution is 7.80. The molecule has 0 aliphatic carbocycles. The van der Waals surface area contributed by atoms with E-state index < -0.39 is 0 Å². The molecule has 0 radical (unpaired) electrons. The standard InChI is InChI=1S/C11H16O2S/c1-2-12-10-4-6-11(7-5-10)13-8-3-9-14/h4-7,14H,2-3,8-9H2,1H3. The summed E-state index contributed by atoms with van der Waals surface area (Å²) in [5.41, 5.74) is 0. The Bertz CT molecular complexity index is 246. The molecule has 0 atom stereocenters. The van der Waals surface area contributed by atoms with Crippen LogP contribution in [0.3, 0.4) is 0 Å². The van der Waals surface area contributed by atoms with Gasteiger partial charge in [0.05, 0.1) is 13.2 Å². The first-order valence-electron chi connectivity index (χ1n) is 4.83. The number of hydrogen-bond donors (Lipinski definition) is 1. The van der Waals surface area contributed by atoms with E-state index in [1.807, 2.05) is 31.2 Å². The van der Waals surface area contributed by atoms with E-state index in [-0.39, 0.29) is 0 Å². The molecule has 14 heavy (non-hydrogen) atoms. The van der Waals surface area contributed by atoms with Crippen molar-refractivity contribution in [3.05, 3.63) is 24.3 Å². The van der Waals surface area contributed by atoms with Gasteiger partial charge in [-0.15, -0.1) is 0 Å². The zero-order chi connectivity index (χ0) is 10.2. The first kappa shape index (κ1) is 11.2. The molecule has 3 heteroatoms. The second-order valence-electron chi connectivity index (χ2n) is 2.83. The third-order valence-corrected chi connectivity index (χ3v) is 2.02. The van der Waals surface area contributed by atoms with Crippen molar-refractivity contribution in [2.75, 3.05) is 19.0 Å². The minimum atomic E-state index is 0.694. The zero-order valence-corrected chi connectivity index (χ0v) is 9.30. The molecule has 0 bridgehead atoms. The average molecular weight is 212 g/mol. The summed E-state index contributed by atoms with van der Waals surface area (Å²) in [6.45, 7) is 3.38. The summed E-state index contributed by atoms with van der Waals surface area (Å²) in [5, 5.41) is 0. The monoisotopic (exact) mass is 212 g/mol. The van der Waals surface area contributed by atoms with Crippen LogP contribution in [-0.2, 0) is 0 Å². The maximum atomic E-state index is 5.48. The molecule has 2 nitrogen and oxygen atoms in total. The van der Waals surface area contributed by atoms with Gasteiger partial charge in [-0.1, -0.05) is 0 Å². The Labute approximate surface area is 90.6 Å².